The second-order valence-electron chi connectivity index (χ2n) is 5.59. The van der Waals surface area contributed by atoms with Crippen molar-refractivity contribution in [1.82, 2.24) is 9.29 Å². The third-order valence-electron chi connectivity index (χ3n) is 3.12. The monoisotopic (exact) mass is 334 g/mol. The maximum Gasteiger partial charge on any atom is 0.244 e. The molecule has 0 aromatic carbocycles. The largest absolute Gasteiger partial charge is 0.382 e. The van der Waals surface area contributed by atoms with Gasteiger partial charge in [0.05, 0.1) is 23.3 Å². The molecule has 118 valence electrons. The number of pyridine rings is 1. The Kier molecular flexibility index (Phi) is 4.89. The van der Waals surface area contributed by atoms with Crippen molar-refractivity contribution in [1.29, 1.82) is 0 Å². The Hall–Kier alpha value is -0.730. The van der Waals surface area contributed by atoms with Crippen LogP contribution in [0, 0.1) is 0 Å². The van der Waals surface area contributed by atoms with Crippen molar-refractivity contribution in [2.45, 2.75) is 30.4 Å². The maximum atomic E-state index is 12.7. The predicted octanol–water partition coefficient (Wildman–Crippen LogP) is 1.55. The molecule has 0 saturated carbocycles. The van der Waals surface area contributed by atoms with Crippen LogP contribution >= 0.6 is 11.6 Å². The lowest BCUT2D eigenvalue weighted by Crippen LogP contribution is -2.55. The minimum atomic E-state index is -3.66. The van der Waals surface area contributed by atoms with Crippen LogP contribution < -0.4 is 0 Å². The molecule has 1 aliphatic heterocycles. The Bertz CT molecular complexity index is 606. The van der Waals surface area contributed by atoms with E-state index in [-0.39, 0.29) is 29.1 Å². The van der Waals surface area contributed by atoms with Gasteiger partial charge in [-0.3, -0.25) is 4.98 Å². The van der Waals surface area contributed by atoms with Crippen molar-refractivity contribution in [3.8, 4) is 0 Å². The van der Waals surface area contributed by atoms with Crippen LogP contribution in [0.15, 0.2) is 23.4 Å². The molecule has 0 bridgehead atoms. The number of sulfonamides is 1. The molecule has 1 atom stereocenters. The average molecular weight is 335 g/mol. The number of aromatic nitrogens is 1. The highest BCUT2D eigenvalue weighted by Gasteiger charge is 2.39. The summed E-state index contributed by atoms with van der Waals surface area (Å²) in [6.07, 6.45) is 2.40. The second kappa shape index (κ2) is 6.18. The summed E-state index contributed by atoms with van der Waals surface area (Å²) in [7, 11) is -2.10. The first-order valence-electron chi connectivity index (χ1n) is 6.52. The van der Waals surface area contributed by atoms with E-state index in [0.29, 0.717) is 6.61 Å². The Labute approximate surface area is 130 Å². The summed E-state index contributed by atoms with van der Waals surface area (Å²) in [4.78, 5) is 3.93. The van der Waals surface area contributed by atoms with E-state index in [9.17, 15) is 8.42 Å². The third kappa shape index (κ3) is 3.92. The van der Waals surface area contributed by atoms with Crippen molar-refractivity contribution < 1.29 is 17.9 Å². The number of morpholine rings is 1. The Morgan fingerprint density at radius 3 is 2.86 bits per heavy atom. The maximum absolute atomic E-state index is 12.7. The minimum absolute atomic E-state index is 0.0869. The van der Waals surface area contributed by atoms with E-state index < -0.39 is 15.6 Å². The molecule has 1 aromatic heterocycles. The van der Waals surface area contributed by atoms with Crippen LogP contribution in [0.5, 0.6) is 0 Å². The van der Waals surface area contributed by atoms with Crippen LogP contribution in [-0.4, -0.2) is 56.2 Å². The zero-order valence-electron chi connectivity index (χ0n) is 12.2. The summed E-state index contributed by atoms with van der Waals surface area (Å²) in [5.74, 6) is 0. The third-order valence-corrected chi connectivity index (χ3v) is 5.10. The number of rotatable bonds is 4. The molecule has 1 fully saturated rings. The molecule has 2 heterocycles. The van der Waals surface area contributed by atoms with Crippen molar-refractivity contribution >= 4 is 21.6 Å². The molecule has 1 aliphatic rings. The standard InChI is InChI=1S/C13H19ClN2O4S/c1-13(2)9-16(7-11(20-13)8-19-3)21(17,18)12-4-10(14)5-15-6-12/h4-6,11H,7-9H2,1-3H3. The number of ether oxygens (including phenoxy) is 2. The first-order chi connectivity index (χ1) is 9.74. The molecule has 0 spiro atoms. The molecule has 0 amide bonds. The second-order valence-corrected chi connectivity index (χ2v) is 7.97. The zero-order valence-corrected chi connectivity index (χ0v) is 13.8. The smallest absolute Gasteiger partial charge is 0.244 e. The Morgan fingerprint density at radius 2 is 2.24 bits per heavy atom. The van der Waals surface area contributed by atoms with Crippen molar-refractivity contribution in [2.24, 2.45) is 0 Å². The van der Waals surface area contributed by atoms with Gasteiger partial charge < -0.3 is 9.47 Å². The van der Waals surface area contributed by atoms with Gasteiger partial charge >= 0.3 is 0 Å². The van der Waals surface area contributed by atoms with E-state index in [1.807, 2.05) is 13.8 Å². The molecule has 21 heavy (non-hydrogen) atoms. The van der Waals surface area contributed by atoms with Crippen LogP contribution in [0.1, 0.15) is 13.8 Å². The van der Waals surface area contributed by atoms with E-state index in [2.05, 4.69) is 4.98 Å². The quantitative estimate of drug-likeness (QED) is 0.835. The first kappa shape index (κ1) is 16.6. The normalized spacial score (nSPS) is 23.1. The zero-order chi connectivity index (χ0) is 15.7. The number of methoxy groups -OCH3 is 1. The molecule has 1 aromatic rings. The van der Waals surface area contributed by atoms with Crippen LogP contribution in [0.2, 0.25) is 5.02 Å². The summed E-state index contributed by atoms with van der Waals surface area (Å²) in [6, 6.07) is 1.40. The fourth-order valence-corrected chi connectivity index (χ4v) is 4.23. The van der Waals surface area contributed by atoms with Gasteiger partial charge in [-0.15, -0.1) is 0 Å². The van der Waals surface area contributed by atoms with Gasteiger partial charge in [0.1, 0.15) is 4.90 Å². The molecular formula is C13H19ClN2O4S. The van der Waals surface area contributed by atoms with E-state index >= 15 is 0 Å². The minimum Gasteiger partial charge on any atom is -0.382 e. The molecule has 1 unspecified atom stereocenters. The number of hydrogen-bond acceptors (Lipinski definition) is 5. The molecule has 8 heteroatoms. The summed E-state index contributed by atoms with van der Waals surface area (Å²) in [6.45, 7) is 4.55. The number of hydrogen-bond donors (Lipinski definition) is 0. The molecule has 1 saturated heterocycles. The Balaban J connectivity index is 2.30. The molecule has 2 rings (SSSR count). The SMILES string of the molecule is COCC1CN(S(=O)(=O)c2cncc(Cl)c2)CC(C)(C)O1. The molecule has 0 aliphatic carbocycles. The van der Waals surface area contributed by atoms with E-state index in [0.717, 1.165) is 0 Å². The molecule has 0 N–H and O–H groups in total. The molecule has 0 radical (unpaired) electrons. The van der Waals surface area contributed by atoms with Gasteiger partial charge in [-0.05, 0) is 19.9 Å². The van der Waals surface area contributed by atoms with Crippen molar-refractivity contribution in [3.63, 3.8) is 0 Å². The Morgan fingerprint density at radius 1 is 1.52 bits per heavy atom. The summed E-state index contributed by atoms with van der Waals surface area (Å²) in [5.41, 5.74) is -0.583. The van der Waals surface area contributed by atoms with Gasteiger partial charge in [0.25, 0.3) is 0 Å². The highest BCUT2D eigenvalue weighted by molar-refractivity contribution is 7.89. The van der Waals surface area contributed by atoms with Gasteiger partial charge in [0.2, 0.25) is 10.0 Å². The lowest BCUT2D eigenvalue weighted by Gasteiger charge is -2.41. The predicted molar refractivity (Wildman–Crippen MR) is 78.8 cm³/mol. The van der Waals surface area contributed by atoms with Gasteiger partial charge in [0, 0.05) is 32.6 Å². The number of nitrogens with zero attached hydrogens (tertiary/aromatic N) is 2. The van der Waals surface area contributed by atoms with Crippen molar-refractivity contribution in [2.75, 3.05) is 26.8 Å². The molecular weight excluding hydrogens is 316 g/mol. The van der Waals surface area contributed by atoms with Crippen LogP contribution in [0.25, 0.3) is 0 Å². The van der Waals surface area contributed by atoms with Crippen LogP contribution in [0.4, 0.5) is 0 Å². The van der Waals surface area contributed by atoms with Gasteiger partial charge in [-0.25, -0.2) is 8.42 Å². The van der Waals surface area contributed by atoms with Gasteiger partial charge in [-0.2, -0.15) is 4.31 Å². The van der Waals surface area contributed by atoms with Crippen LogP contribution in [0.3, 0.4) is 0 Å². The lowest BCUT2D eigenvalue weighted by molar-refractivity contribution is -0.135. The number of halogens is 1. The van der Waals surface area contributed by atoms with Gasteiger partial charge in [0.15, 0.2) is 0 Å². The summed E-state index contributed by atoms with van der Waals surface area (Å²) >= 11 is 5.83. The highest BCUT2D eigenvalue weighted by Crippen LogP contribution is 2.27. The van der Waals surface area contributed by atoms with Crippen molar-refractivity contribution in [3.05, 3.63) is 23.5 Å². The first-order valence-corrected chi connectivity index (χ1v) is 8.34. The molecule has 6 nitrogen and oxygen atoms in total. The summed E-state index contributed by atoms with van der Waals surface area (Å²) in [5, 5.41) is 0.289. The average Bonchev–Trinajstić information content (AvgIpc) is 2.37. The van der Waals surface area contributed by atoms with E-state index in [4.69, 9.17) is 21.1 Å². The fourth-order valence-electron chi connectivity index (χ4n) is 2.38. The highest BCUT2D eigenvalue weighted by atomic mass is 35.5. The fraction of sp³-hybridized carbons (Fsp3) is 0.615. The van der Waals surface area contributed by atoms with E-state index in [1.165, 1.54) is 22.8 Å². The van der Waals surface area contributed by atoms with Gasteiger partial charge in [-0.1, -0.05) is 11.6 Å². The topological polar surface area (TPSA) is 68.7 Å². The van der Waals surface area contributed by atoms with Crippen LogP contribution in [-0.2, 0) is 19.5 Å². The lowest BCUT2D eigenvalue weighted by atomic mass is 10.1. The van der Waals surface area contributed by atoms with E-state index in [1.54, 1.807) is 7.11 Å². The summed E-state index contributed by atoms with van der Waals surface area (Å²) < 4.78 is 37.7.